The second-order valence-electron chi connectivity index (χ2n) is 5.11. The Kier molecular flexibility index (Phi) is 4.60. The van der Waals surface area contributed by atoms with Crippen LogP contribution in [0.4, 0.5) is 5.69 Å². The molecule has 2 N–H and O–H groups in total. The third-order valence-electron chi connectivity index (χ3n) is 3.68. The summed E-state index contributed by atoms with van der Waals surface area (Å²) in [6.45, 7) is 2.22. The Morgan fingerprint density at radius 2 is 2.10 bits per heavy atom. The second-order valence-corrected chi connectivity index (χ2v) is 7.93. The summed E-state index contributed by atoms with van der Waals surface area (Å²) in [6.07, 6.45) is 0. The highest BCUT2D eigenvalue weighted by Crippen LogP contribution is 2.32. The van der Waals surface area contributed by atoms with Gasteiger partial charge in [-0.15, -0.1) is 0 Å². The van der Waals surface area contributed by atoms with E-state index in [-0.39, 0.29) is 35.6 Å². The van der Waals surface area contributed by atoms with Gasteiger partial charge in [0.05, 0.1) is 18.7 Å². The first-order chi connectivity index (χ1) is 9.77. The summed E-state index contributed by atoms with van der Waals surface area (Å²) in [6, 6.07) is 4.69. The van der Waals surface area contributed by atoms with Crippen LogP contribution < -0.4 is 5.73 Å². The average molecular weight is 377 g/mol. The molecule has 2 atom stereocenters. The van der Waals surface area contributed by atoms with E-state index in [2.05, 4.69) is 15.9 Å². The number of esters is 1. The SMILES string of the molecule is COC(=O)C1CN(S(=O)(=O)c2cc(Br)ccc2N)CC1C. The van der Waals surface area contributed by atoms with Crippen LogP contribution in [0, 0.1) is 11.8 Å². The van der Waals surface area contributed by atoms with Crippen molar-refractivity contribution >= 4 is 37.6 Å². The van der Waals surface area contributed by atoms with Crippen LogP contribution in [0.3, 0.4) is 0 Å². The molecule has 0 spiro atoms. The molecule has 0 bridgehead atoms. The molecule has 0 amide bonds. The van der Waals surface area contributed by atoms with Crippen molar-refractivity contribution in [1.82, 2.24) is 4.31 Å². The molecule has 1 saturated heterocycles. The van der Waals surface area contributed by atoms with Crippen molar-refractivity contribution in [1.29, 1.82) is 0 Å². The predicted molar refractivity (Wildman–Crippen MR) is 82.0 cm³/mol. The molecule has 8 heteroatoms. The fourth-order valence-electron chi connectivity index (χ4n) is 2.45. The number of ether oxygens (including phenoxy) is 1. The number of hydrogen-bond donors (Lipinski definition) is 1. The lowest BCUT2D eigenvalue weighted by atomic mass is 9.99. The lowest BCUT2D eigenvalue weighted by Crippen LogP contribution is -2.30. The first-order valence-corrected chi connectivity index (χ1v) is 8.63. The van der Waals surface area contributed by atoms with Gasteiger partial charge in [0.2, 0.25) is 10.0 Å². The van der Waals surface area contributed by atoms with E-state index in [0.29, 0.717) is 4.47 Å². The topological polar surface area (TPSA) is 89.7 Å². The molecule has 0 radical (unpaired) electrons. The number of nitrogens with two attached hydrogens (primary N) is 1. The van der Waals surface area contributed by atoms with Gasteiger partial charge in [0, 0.05) is 17.6 Å². The van der Waals surface area contributed by atoms with Gasteiger partial charge in [-0.2, -0.15) is 4.31 Å². The predicted octanol–water partition coefficient (Wildman–Crippen LogP) is 1.46. The van der Waals surface area contributed by atoms with Crippen molar-refractivity contribution in [3.8, 4) is 0 Å². The molecular weight excluding hydrogens is 360 g/mol. The molecule has 0 aliphatic carbocycles. The van der Waals surface area contributed by atoms with Gasteiger partial charge in [-0.05, 0) is 24.1 Å². The zero-order valence-electron chi connectivity index (χ0n) is 11.7. The van der Waals surface area contributed by atoms with Crippen molar-refractivity contribution in [2.24, 2.45) is 11.8 Å². The fourth-order valence-corrected chi connectivity index (χ4v) is 4.67. The fraction of sp³-hybridized carbons (Fsp3) is 0.462. The highest BCUT2D eigenvalue weighted by atomic mass is 79.9. The maximum atomic E-state index is 12.7. The number of nitrogens with zero attached hydrogens (tertiary/aromatic N) is 1. The van der Waals surface area contributed by atoms with Crippen LogP contribution in [0.15, 0.2) is 27.6 Å². The summed E-state index contributed by atoms with van der Waals surface area (Å²) in [5, 5.41) is 0. The molecule has 1 heterocycles. The van der Waals surface area contributed by atoms with E-state index in [0.717, 1.165) is 0 Å². The molecule has 1 fully saturated rings. The monoisotopic (exact) mass is 376 g/mol. The summed E-state index contributed by atoms with van der Waals surface area (Å²) in [4.78, 5) is 11.7. The molecule has 6 nitrogen and oxygen atoms in total. The average Bonchev–Trinajstić information content (AvgIpc) is 2.83. The van der Waals surface area contributed by atoms with Gasteiger partial charge in [0.25, 0.3) is 0 Å². The Hall–Kier alpha value is -1.12. The molecule has 116 valence electrons. The molecular formula is C13H17BrN2O4S. The minimum atomic E-state index is -3.73. The smallest absolute Gasteiger partial charge is 0.310 e. The number of carbonyl (C=O) groups excluding carboxylic acids is 1. The normalized spacial score (nSPS) is 23.2. The number of hydrogen-bond acceptors (Lipinski definition) is 5. The molecule has 2 rings (SSSR count). The Balaban J connectivity index is 2.33. The van der Waals surface area contributed by atoms with E-state index in [9.17, 15) is 13.2 Å². The lowest BCUT2D eigenvalue weighted by Gasteiger charge is -2.17. The minimum absolute atomic E-state index is 0.0505. The molecule has 2 unspecified atom stereocenters. The van der Waals surface area contributed by atoms with Crippen LogP contribution in [0.5, 0.6) is 0 Å². The Labute approximate surface area is 132 Å². The van der Waals surface area contributed by atoms with Crippen LogP contribution in [0.25, 0.3) is 0 Å². The van der Waals surface area contributed by atoms with Crippen LogP contribution in [0.1, 0.15) is 6.92 Å². The zero-order chi connectivity index (χ0) is 15.8. The summed E-state index contributed by atoms with van der Waals surface area (Å²) in [7, 11) is -2.42. The molecule has 21 heavy (non-hydrogen) atoms. The van der Waals surface area contributed by atoms with Gasteiger partial charge in [0.1, 0.15) is 4.90 Å². The quantitative estimate of drug-likeness (QED) is 0.636. The number of benzene rings is 1. The first kappa shape index (κ1) is 16.3. The first-order valence-electron chi connectivity index (χ1n) is 6.40. The highest BCUT2D eigenvalue weighted by Gasteiger charge is 2.41. The van der Waals surface area contributed by atoms with Crippen LogP contribution in [0.2, 0.25) is 0 Å². The molecule has 0 saturated carbocycles. The van der Waals surface area contributed by atoms with Gasteiger partial charge < -0.3 is 10.5 Å². The Morgan fingerprint density at radius 3 is 2.71 bits per heavy atom. The standard InChI is InChI=1S/C13H17BrN2O4S/c1-8-6-16(7-10(8)13(17)20-2)21(18,19)12-5-9(14)3-4-11(12)15/h3-5,8,10H,6-7,15H2,1-2H3. The molecule has 1 aromatic rings. The number of rotatable bonds is 3. The van der Waals surface area contributed by atoms with Crippen molar-refractivity contribution < 1.29 is 17.9 Å². The van der Waals surface area contributed by atoms with Gasteiger partial charge in [-0.3, -0.25) is 4.79 Å². The summed E-state index contributed by atoms with van der Waals surface area (Å²) >= 11 is 3.24. The molecule has 1 aromatic carbocycles. The van der Waals surface area contributed by atoms with E-state index in [1.165, 1.54) is 23.5 Å². The maximum Gasteiger partial charge on any atom is 0.310 e. The van der Waals surface area contributed by atoms with Crippen molar-refractivity contribution in [2.45, 2.75) is 11.8 Å². The lowest BCUT2D eigenvalue weighted by molar-refractivity contribution is -0.145. The van der Waals surface area contributed by atoms with E-state index in [1.54, 1.807) is 6.07 Å². The Bertz CT molecular complexity index is 662. The summed E-state index contributed by atoms with van der Waals surface area (Å²) in [5.74, 6) is -0.929. The molecule has 1 aliphatic heterocycles. The van der Waals surface area contributed by atoms with Crippen molar-refractivity contribution in [3.05, 3.63) is 22.7 Å². The Morgan fingerprint density at radius 1 is 1.43 bits per heavy atom. The van der Waals surface area contributed by atoms with Crippen LogP contribution in [-0.2, 0) is 19.6 Å². The third kappa shape index (κ3) is 3.07. The van der Waals surface area contributed by atoms with E-state index >= 15 is 0 Å². The summed E-state index contributed by atoms with van der Waals surface area (Å²) in [5.41, 5.74) is 5.97. The number of sulfonamides is 1. The van der Waals surface area contributed by atoms with Crippen LogP contribution >= 0.6 is 15.9 Å². The number of methoxy groups -OCH3 is 1. The molecule has 1 aliphatic rings. The third-order valence-corrected chi connectivity index (χ3v) is 6.06. The maximum absolute atomic E-state index is 12.7. The van der Waals surface area contributed by atoms with Gasteiger partial charge in [-0.25, -0.2) is 8.42 Å². The van der Waals surface area contributed by atoms with Gasteiger partial charge in [0.15, 0.2) is 0 Å². The zero-order valence-corrected chi connectivity index (χ0v) is 14.1. The number of anilines is 1. The number of carbonyl (C=O) groups is 1. The van der Waals surface area contributed by atoms with E-state index < -0.39 is 15.9 Å². The van der Waals surface area contributed by atoms with Gasteiger partial charge in [-0.1, -0.05) is 22.9 Å². The molecule has 0 aromatic heterocycles. The van der Waals surface area contributed by atoms with E-state index in [1.807, 2.05) is 6.92 Å². The van der Waals surface area contributed by atoms with Gasteiger partial charge >= 0.3 is 5.97 Å². The number of nitrogen functional groups attached to an aromatic ring is 1. The van der Waals surface area contributed by atoms with Crippen LogP contribution in [-0.4, -0.2) is 38.9 Å². The number of halogens is 1. The summed E-state index contributed by atoms with van der Waals surface area (Å²) < 4.78 is 32.0. The van der Waals surface area contributed by atoms with Crippen molar-refractivity contribution in [3.63, 3.8) is 0 Å². The van der Waals surface area contributed by atoms with Crippen molar-refractivity contribution in [2.75, 3.05) is 25.9 Å². The highest BCUT2D eigenvalue weighted by molar-refractivity contribution is 9.10. The largest absolute Gasteiger partial charge is 0.469 e. The van der Waals surface area contributed by atoms with E-state index in [4.69, 9.17) is 10.5 Å². The minimum Gasteiger partial charge on any atom is -0.469 e. The second kappa shape index (κ2) is 5.94.